The van der Waals surface area contributed by atoms with Crippen molar-refractivity contribution in [3.05, 3.63) is 12.2 Å². The standard InChI is InChI=1S/C20H34N4O7/c1-11(2)8-12(3)16(27)24-14(9-22-19(30)31-20(5,6)7)18(29)23-13(4)17(28)21-10-15(25)26/h12-14H,1,8-10H2,2-7H3,(H,21,28)(H,22,30)(H,23,29)(H,24,27)(H,25,26)/t12-,13+,14+/m0/s1. The van der Waals surface area contributed by atoms with E-state index in [0.717, 1.165) is 5.57 Å². The maximum absolute atomic E-state index is 12.6. The maximum Gasteiger partial charge on any atom is 0.407 e. The lowest BCUT2D eigenvalue weighted by Crippen LogP contribution is -2.57. The summed E-state index contributed by atoms with van der Waals surface area (Å²) in [6.07, 6.45) is -0.366. The summed E-state index contributed by atoms with van der Waals surface area (Å²) in [5.41, 5.74) is 0.0388. The number of alkyl carbamates (subject to hydrolysis) is 1. The van der Waals surface area contributed by atoms with E-state index < -0.39 is 59.9 Å². The normalized spacial score (nSPS) is 13.7. The molecule has 0 unspecified atom stereocenters. The van der Waals surface area contributed by atoms with Crippen LogP contribution in [0.3, 0.4) is 0 Å². The summed E-state index contributed by atoms with van der Waals surface area (Å²) >= 11 is 0. The highest BCUT2D eigenvalue weighted by molar-refractivity contribution is 5.93. The molecule has 0 aliphatic carbocycles. The number of hydrogen-bond donors (Lipinski definition) is 5. The minimum absolute atomic E-state index is 0.282. The topological polar surface area (TPSA) is 163 Å². The highest BCUT2D eigenvalue weighted by Crippen LogP contribution is 2.09. The number of ether oxygens (including phenoxy) is 1. The van der Waals surface area contributed by atoms with Gasteiger partial charge in [0.1, 0.15) is 24.2 Å². The maximum atomic E-state index is 12.6. The van der Waals surface area contributed by atoms with Crippen molar-refractivity contribution < 1.29 is 33.8 Å². The van der Waals surface area contributed by atoms with Gasteiger partial charge in [-0.2, -0.15) is 0 Å². The molecule has 5 N–H and O–H groups in total. The number of hydrogen-bond acceptors (Lipinski definition) is 6. The van der Waals surface area contributed by atoms with Gasteiger partial charge in [-0.3, -0.25) is 19.2 Å². The number of carboxylic acids is 1. The lowest BCUT2D eigenvalue weighted by molar-refractivity contribution is -0.138. The summed E-state index contributed by atoms with van der Waals surface area (Å²) in [5, 5.41) is 18.1. The largest absolute Gasteiger partial charge is 0.480 e. The Bertz CT molecular complexity index is 700. The molecule has 3 atom stereocenters. The molecular weight excluding hydrogens is 408 g/mol. The van der Waals surface area contributed by atoms with Gasteiger partial charge in [0.25, 0.3) is 0 Å². The number of nitrogens with one attached hydrogen (secondary N) is 4. The Hall–Kier alpha value is -3.11. The predicted molar refractivity (Wildman–Crippen MR) is 113 cm³/mol. The van der Waals surface area contributed by atoms with Crippen LogP contribution in [0.1, 0.15) is 48.0 Å². The summed E-state index contributed by atoms with van der Waals surface area (Å²) in [5.74, 6) is -3.57. The average molecular weight is 443 g/mol. The van der Waals surface area contributed by atoms with Gasteiger partial charge in [-0.15, -0.1) is 6.58 Å². The highest BCUT2D eigenvalue weighted by atomic mass is 16.6. The first-order valence-electron chi connectivity index (χ1n) is 9.83. The fourth-order valence-corrected chi connectivity index (χ4v) is 2.33. The van der Waals surface area contributed by atoms with E-state index in [9.17, 15) is 24.0 Å². The molecule has 0 radical (unpaired) electrons. The summed E-state index contributed by atoms with van der Waals surface area (Å²) in [7, 11) is 0. The third-order valence-electron chi connectivity index (χ3n) is 3.75. The first-order valence-corrected chi connectivity index (χ1v) is 9.83. The van der Waals surface area contributed by atoms with Gasteiger partial charge in [0.2, 0.25) is 17.7 Å². The first-order chi connectivity index (χ1) is 14.1. The van der Waals surface area contributed by atoms with Crippen LogP contribution >= 0.6 is 0 Å². The number of amides is 4. The Labute approximate surface area is 182 Å². The SMILES string of the molecule is C=C(C)C[C@H](C)C(=O)N[C@H](CNC(=O)OC(C)(C)C)C(=O)N[C@H](C)C(=O)NCC(=O)O. The summed E-state index contributed by atoms with van der Waals surface area (Å²) < 4.78 is 5.12. The minimum atomic E-state index is -1.23. The van der Waals surface area contributed by atoms with E-state index in [1.165, 1.54) is 6.92 Å². The Morgan fingerprint density at radius 1 is 0.968 bits per heavy atom. The van der Waals surface area contributed by atoms with Crippen molar-refractivity contribution in [1.29, 1.82) is 0 Å². The molecule has 0 aromatic carbocycles. The van der Waals surface area contributed by atoms with Crippen molar-refractivity contribution >= 4 is 29.8 Å². The van der Waals surface area contributed by atoms with Gasteiger partial charge in [-0.05, 0) is 41.0 Å². The third kappa shape index (κ3) is 12.9. The van der Waals surface area contributed by atoms with Gasteiger partial charge >= 0.3 is 12.1 Å². The molecule has 176 valence electrons. The lowest BCUT2D eigenvalue weighted by Gasteiger charge is -2.24. The molecule has 0 aliphatic heterocycles. The van der Waals surface area contributed by atoms with Crippen molar-refractivity contribution in [3.8, 4) is 0 Å². The Balaban J connectivity index is 5.17. The zero-order chi connectivity index (χ0) is 24.4. The second-order valence-electron chi connectivity index (χ2n) is 8.35. The molecule has 0 saturated carbocycles. The van der Waals surface area contributed by atoms with Crippen molar-refractivity contribution in [2.45, 2.75) is 65.6 Å². The van der Waals surface area contributed by atoms with E-state index in [1.807, 2.05) is 0 Å². The van der Waals surface area contributed by atoms with Crippen LogP contribution in [0.25, 0.3) is 0 Å². The summed E-state index contributed by atoms with van der Waals surface area (Å²) in [6.45, 7) is 12.7. The van der Waals surface area contributed by atoms with E-state index in [4.69, 9.17) is 9.84 Å². The summed E-state index contributed by atoms with van der Waals surface area (Å²) in [4.78, 5) is 59.5. The Morgan fingerprint density at radius 2 is 1.55 bits per heavy atom. The number of carbonyl (C=O) groups is 5. The molecule has 11 heteroatoms. The molecule has 0 heterocycles. The molecule has 11 nitrogen and oxygen atoms in total. The van der Waals surface area contributed by atoms with E-state index in [2.05, 4.69) is 27.8 Å². The van der Waals surface area contributed by atoms with Crippen molar-refractivity contribution in [2.75, 3.05) is 13.1 Å². The quantitative estimate of drug-likeness (QED) is 0.287. The van der Waals surface area contributed by atoms with Crippen LogP contribution in [0.5, 0.6) is 0 Å². The number of rotatable bonds is 11. The van der Waals surface area contributed by atoms with Crippen LogP contribution in [-0.4, -0.2) is 65.7 Å². The molecule has 0 aliphatic rings. The molecule has 0 fully saturated rings. The van der Waals surface area contributed by atoms with E-state index in [0.29, 0.717) is 6.42 Å². The monoisotopic (exact) mass is 442 g/mol. The van der Waals surface area contributed by atoms with Crippen LogP contribution in [0.2, 0.25) is 0 Å². The fraction of sp³-hybridized carbons (Fsp3) is 0.650. The third-order valence-corrected chi connectivity index (χ3v) is 3.75. The fourth-order valence-electron chi connectivity index (χ4n) is 2.33. The molecule has 0 aromatic rings. The van der Waals surface area contributed by atoms with Crippen molar-refractivity contribution in [3.63, 3.8) is 0 Å². The van der Waals surface area contributed by atoms with Gasteiger partial charge in [0, 0.05) is 5.92 Å². The zero-order valence-electron chi connectivity index (χ0n) is 19.0. The second-order valence-corrected chi connectivity index (χ2v) is 8.35. The van der Waals surface area contributed by atoms with E-state index in [1.54, 1.807) is 34.6 Å². The average Bonchev–Trinajstić information content (AvgIpc) is 2.60. The van der Waals surface area contributed by atoms with Crippen molar-refractivity contribution in [2.24, 2.45) is 5.92 Å². The lowest BCUT2D eigenvalue weighted by atomic mass is 10.0. The number of aliphatic carboxylic acids is 1. The second kappa shape index (κ2) is 12.6. The molecule has 0 spiro atoms. The van der Waals surface area contributed by atoms with Gasteiger partial charge < -0.3 is 31.1 Å². The molecule has 0 aromatic heterocycles. The smallest absolute Gasteiger partial charge is 0.407 e. The molecule has 0 saturated heterocycles. The number of allylic oxidation sites excluding steroid dienone is 1. The molecule has 4 amide bonds. The molecule has 0 rings (SSSR count). The Morgan fingerprint density at radius 3 is 2.03 bits per heavy atom. The number of carboxylic acid groups (broad SMARTS) is 1. The Kier molecular flexibility index (Phi) is 11.3. The van der Waals surface area contributed by atoms with Gasteiger partial charge in [0.05, 0.1) is 6.54 Å². The van der Waals surface area contributed by atoms with Crippen molar-refractivity contribution in [1.82, 2.24) is 21.3 Å². The van der Waals surface area contributed by atoms with Crippen LogP contribution < -0.4 is 21.3 Å². The summed E-state index contributed by atoms with van der Waals surface area (Å²) in [6, 6.07) is -2.26. The number of carbonyl (C=O) groups excluding carboxylic acids is 4. The molecule has 0 bridgehead atoms. The molecule has 31 heavy (non-hydrogen) atoms. The highest BCUT2D eigenvalue weighted by Gasteiger charge is 2.27. The van der Waals surface area contributed by atoms with Crippen LogP contribution in [-0.2, 0) is 23.9 Å². The van der Waals surface area contributed by atoms with Gasteiger partial charge in [-0.25, -0.2) is 4.79 Å². The van der Waals surface area contributed by atoms with E-state index >= 15 is 0 Å². The minimum Gasteiger partial charge on any atom is -0.480 e. The van der Waals surface area contributed by atoms with E-state index in [-0.39, 0.29) is 6.54 Å². The first kappa shape index (κ1) is 27.9. The van der Waals surface area contributed by atoms with Crippen LogP contribution in [0.15, 0.2) is 12.2 Å². The zero-order valence-corrected chi connectivity index (χ0v) is 19.0. The van der Waals surface area contributed by atoms with Gasteiger partial charge in [-0.1, -0.05) is 12.5 Å². The van der Waals surface area contributed by atoms with Crippen LogP contribution in [0.4, 0.5) is 4.79 Å². The predicted octanol–water partition coefficient (Wildman–Crippen LogP) is 0.304. The van der Waals surface area contributed by atoms with Gasteiger partial charge in [0.15, 0.2) is 0 Å². The molecular formula is C20H34N4O7. The van der Waals surface area contributed by atoms with Crippen LogP contribution in [0, 0.1) is 5.92 Å².